The molecule has 0 atom stereocenters. The minimum atomic E-state index is 0.144. The lowest BCUT2D eigenvalue weighted by atomic mass is 9.90. The molecule has 0 unspecified atom stereocenters. The van der Waals surface area contributed by atoms with Crippen molar-refractivity contribution in [3.63, 3.8) is 0 Å². The van der Waals surface area contributed by atoms with Gasteiger partial charge in [0.15, 0.2) is 0 Å². The molecule has 6 heteroatoms. The van der Waals surface area contributed by atoms with Crippen LogP contribution in [0, 0.1) is 19.8 Å². The number of likely N-dealkylation sites (tertiary alicyclic amines) is 1. The Balaban J connectivity index is 1.43. The summed E-state index contributed by atoms with van der Waals surface area (Å²) < 4.78 is 1.97. The van der Waals surface area contributed by atoms with Crippen LogP contribution in [0.5, 0.6) is 0 Å². The molecule has 1 aliphatic rings. The van der Waals surface area contributed by atoms with Gasteiger partial charge in [-0.05, 0) is 44.6 Å². The van der Waals surface area contributed by atoms with Gasteiger partial charge in [-0.1, -0.05) is 41.7 Å². The fraction of sp³-hybridized carbons (Fsp3) is 0.421. The molecule has 3 aromatic rings. The van der Waals surface area contributed by atoms with Gasteiger partial charge < -0.3 is 4.90 Å². The molecule has 0 spiro atoms. The van der Waals surface area contributed by atoms with E-state index in [2.05, 4.69) is 40.5 Å². The number of aromatic nitrogens is 3. The second kappa shape index (κ2) is 6.59. The molecule has 0 aliphatic carbocycles. The molecule has 1 amide bonds. The first kappa shape index (κ1) is 16.3. The number of fused-ring (bicyclic) bond motifs is 1. The summed E-state index contributed by atoms with van der Waals surface area (Å²) in [5.41, 5.74) is 2.35. The fourth-order valence-electron chi connectivity index (χ4n) is 3.69. The van der Waals surface area contributed by atoms with E-state index in [1.54, 1.807) is 0 Å². The summed E-state index contributed by atoms with van der Waals surface area (Å²) in [4.78, 5) is 16.5. The monoisotopic (exact) mass is 354 g/mol. The van der Waals surface area contributed by atoms with Crippen LogP contribution in [0.1, 0.15) is 39.6 Å². The lowest BCUT2D eigenvalue weighted by molar-refractivity contribution is 0.0694. The van der Waals surface area contributed by atoms with Gasteiger partial charge in [0.25, 0.3) is 5.91 Å². The number of benzene rings is 1. The highest BCUT2D eigenvalue weighted by atomic mass is 32.1. The lowest BCUT2D eigenvalue weighted by Crippen LogP contribution is -2.38. The summed E-state index contributed by atoms with van der Waals surface area (Å²) >= 11 is 1.45. The second-order valence-corrected chi connectivity index (χ2v) is 7.78. The van der Waals surface area contributed by atoms with Gasteiger partial charge in [-0.3, -0.25) is 9.20 Å². The molecule has 0 bridgehead atoms. The number of hydrogen-bond donors (Lipinski definition) is 0. The van der Waals surface area contributed by atoms with Gasteiger partial charge in [0.05, 0.1) is 0 Å². The molecule has 0 N–H and O–H groups in total. The predicted octanol–water partition coefficient (Wildman–Crippen LogP) is 3.50. The average molecular weight is 354 g/mol. The van der Waals surface area contributed by atoms with E-state index in [4.69, 9.17) is 0 Å². The summed E-state index contributed by atoms with van der Waals surface area (Å²) in [7, 11) is 0. The van der Waals surface area contributed by atoms with E-state index < -0.39 is 0 Å². The fourth-order valence-corrected chi connectivity index (χ4v) is 4.77. The third-order valence-corrected chi connectivity index (χ3v) is 6.24. The molecule has 1 aliphatic heterocycles. The minimum absolute atomic E-state index is 0.144. The van der Waals surface area contributed by atoms with Gasteiger partial charge in [0, 0.05) is 18.8 Å². The largest absolute Gasteiger partial charge is 0.338 e. The first-order valence-electron chi connectivity index (χ1n) is 8.78. The van der Waals surface area contributed by atoms with Crippen molar-refractivity contribution in [3.05, 3.63) is 52.3 Å². The highest BCUT2D eigenvalue weighted by Gasteiger charge is 2.27. The molecule has 1 aromatic carbocycles. The Kier molecular flexibility index (Phi) is 4.29. The predicted molar refractivity (Wildman–Crippen MR) is 99.1 cm³/mol. The van der Waals surface area contributed by atoms with Crippen molar-refractivity contribution in [3.8, 4) is 0 Å². The summed E-state index contributed by atoms with van der Waals surface area (Å²) in [5, 5.41) is 8.22. The van der Waals surface area contributed by atoms with Crippen molar-refractivity contribution >= 4 is 22.2 Å². The summed E-state index contributed by atoms with van der Waals surface area (Å²) in [6.45, 7) is 5.58. The SMILES string of the molecule is Cc1nnc2sc(C(=O)N3CCC(Cc4ccccc4)CC3)c(C)n12. The maximum absolute atomic E-state index is 12.9. The maximum Gasteiger partial charge on any atom is 0.265 e. The maximum atomic E-state index is 12.9. The Bertz CT molecular complexity index is 891. The smallest absolute Gasteiger partial charge is 0.265 e. The number of carbonyl (C=O) groups is 1. The lowest BCUT2D eigenvalue weighted by Gasteiger charge is -2.32. The average Bonchev–Trinajstić information content (AvgIpc) is 3.16. The van der Waals surface area contributed by atoms with Gasteiger partial charge in [0.1, 0.15) is 10.7 Å². The number of rotatable bonds is 3. The number of carbonyl (C=O) groups excluding carboxylic acids is 1. The molecule has 4 rings (SSSR count). The van der Waals surface area contributed by atoms with E-state index in [0.717, 1.165) is 53.7 Å². The Labute approximate surface area is 151 Å². The standard InChI is InChI=1S/C19H22N4OS/c1-13-17(25-19-21-20-14(2)23(13)19)18(24)22-10-8-16(9-11-22)12-15-6-4-3-5-7-15/h3-7,16H,8-12H2,1-2H3. The zero-order valence-electron chi connectivity index (χ0n) is 14.6. The van der Waals surface area contributed by atoms with E-state index >= 15 is 0 Å². The number of nitrogens with zero attached hydrogens (tertiary/aromatic N) is 4. The molecular formula is C19H22N4OS. The zero-order valence-corrected chi connectivity index (χ0v) is 15.4. The Morgan fingerprint density at radius 3 is 2.56 bits per heavy atom. The molecule has 2 aromatic heterocycles. The van der Waals surface area contributed by atoms with Crippen LogP contribution in [0.4, 0.5) is 0 Å². The normalized spacial score (nSPS) is 15.8. The van der Waals surface area contributed by atoms with Crippen molar-refractivity contribution in [2.75, 3.05) is 13.1 Å². The topological polar surface area (TPSA) is 50.5 Å². The third-order valence-electron chi connectivity index (χ3n) is 5.12. The first-order valence-corrected chi connectivity index (χ1v) is 9.59. The Morgan fingerprint density at radius 2 is 1.88 bits per heavy atom. The number of piperidine rings is 1. The van der Waals surface area contributed by atoms with Crippen LogP contribution < -0.4 is 0 Å². The second-order valence-electron chi connectivity index (χ2n) is 6.81. The van der Waals surface area contributed by atoms with Crippen LogP contribution >= 0.6 is 11.3 Å². The number of hydrogen-bond acceptors (Lipinski definition) is 4. The zero-order chi connectivity index (χ0) is 17.4. The van der Waals surface area contributed by atoms with Gasteiger partial charge >= 0.3 is 0 Å². The molecule has 1 saturated heterocycles. The Hall–Kier alpha value is -2.21. The highest BCUT2D eigenvalue weighted by molar-refractivity contribution is 7.19. The van der Waals surface area contributed by atoms with Crippen molar-refractivity contribution < 1.29 is 4.79 Å². The molecule has 5 nitrogen and oxygen atoms in total. The number of aryl methyl sites for hydroxylation is 2. The van der Waals surface area contributed by atoms with E-state index in [-0.39, 0.29) is 5.91 Å². The van der Waals surface area contributed by atoms with Crippen LogP contribution in [0.2, 0.25) is 0 Å². The van der Waals surface area contributed by atoms with Crippen molar-refractivity contribution in [1.29, 1.82) is 0 Å². The Morgan fingerprint density at radius 1 is 1.16 bits per heavy atom. The van der Waals surface area contributed by atoms with Crippen molar-refractivity contribution in [2.45, 2.75) is 33.1 Å². The number of amides is 1. The minimum Gasteiger partial charge on any atom is -0.338 e. The van der Waals surface area contributed by atoms with Gasteiger partial charge in [-0.2, -0.15) is 0 Å². The quantitative estimate of drug-likeness (QED) is 0.723. The third kappa shape index (κ3) is 3.06. The van der Waals surface area contributed by atoms with E-state index in [1.165, 1.54) is 16.9 Å². The van der Waals surface area contributed by atoms with E-state index in [0.29, 0.717) is 5.92 Å². The van der Waals surface area contributed by atoms with Gasteiger partial charge in [0.2, 0.25) is 4.96 Å². The molecule has 0 saturated carbocycles. The van der Waals surface area contributed by atoms with E-state index in [9.17, 15) is 4.79 Å². The summed E-state index contributed by atoms with van der Waals surface area (Å²) in [5.74, 6) is 1.65. The van der Waals surface area contributed by atoms with Crippen molar-refractivity contribution in [2.24, 2.45) is 5.92 Å². The van der Waals surface area contributed by atoms with Crippen LogP contribution in [-0.4, -0.2) is 38.5 Å². The molecule has 25 heavy (non-hydrogen) atoms. The molecule has 0 radical (unpaired) electrons. The van der Waals surface area contributed by atoms with Crippen molar-refractivity contribution in [1.82, 2.24) is 19.5 Å². The molecule has 130 valence electrons. The molecule has 1 fully saturated rings. The highest BCUT2D eigenvalue weighted by Crippen LogP contribution is 2.27. The number of thiazole rings is 1. The molecule has 3 heterocycles. The van der Waals surface area contributed by atoms with Crippen LogP contribution in [0.25, 0.3) is 4.96 Å². The summed E-state index contributed by atoms with van der Waals surface area (Å²) in [6.07, 6.45) is 3.26. The van der Waals surface area contributed by atoms with Gasteiger partial charge in [-0.15, -0.1) is 10.2 Å². The van der Waals surface area contributed by atoms with Gasteiger partial charge in [-0.25, -0.2) is 0 Å². The van der Waals surface area contributed by atoms with E-state index in [1.807, 2.05) is 23.1 Å². The summed E-state index contributed by atoms with van der Waals surface area (Å²) in [6, 6.07) is 10.6. The van der Waals surface area contributed by atoms with Crippen LogP contribution in [0.3, 0.4) is 0 Å². The molecular weight excluding hydrogens is 332 g/mol. The first-order chi connectivity index (χ1) is 12.1. The van der Waals surface area contributed by atoms with Crippen LogP contribution in [0.15, 0.2) is 30.3 Å². The van der Waals surface area contributed by atoms with Crippen LogP contribution in [-0.2, 0) is 6.42 Å².